The highest BCUT2D eigenvalue weighted by molar-refractivity contribution is 8.00. The molecule has 1 atom stereocenters. The molecule has 2 aromatic carbocycles. The predicted octanol–water partition coefficient (Wildman–Crippen LogP) is 4.67. The van der Waals surface area contributed by atoms with Gasteiger partial charge in [0, 0.05) is 5.56 Å². The third-order valence-corrected chi connectivity index (χ3v) is 6.20. The minimum atomic E-state index is -0.331. The summed E-state index contributed by atoms with van der Waals surface area (Å²) >= 11 is 1.52. The Hall–Kier alpha value is -3.26. The van der Waals surface area contributed by atoms with E-state index < -0.39 is 0 Å². The number of anilines is 1. The third kappa shape index (κ3) is 4.16. The summed E-state index contributed by atoms with van der Waals surface area (Å²) in [6.45, 7) is 5.95. The van der Waals surface area contributed by atoms with Crippen molar-refractivity contribution in [1.29, 1.82) is 0 Å². The maximum atomic E-state index is 13.4. The van der Waals surface area contributed by atoms with E-state index in [2.05, 4.69) is 17.0 Å². The minimum Gasteiger partial charge on any atom is -0.493 e. The fourth-order valence-corrected chi connectivity index (χ4v) is 4.71. The average Bonchev–Trinajstić information content (AvgIpc) is 2.97. The molecule has 0 saturated heterocycles. The van der Waals surface area contributed by atoms with Gasteiger partial charge in [0.1, 0.15) is 18.2 Å². The molecule has 6 nitrogen and oxygen atoms in total. The molecule has 3 aromatic rings. The van der Waals surface area contributed by atoms with Crippen molar-refractivity contribution < 1.29 is 18.7 Å². The topological polar surface area (TPSA) is 65.4 Å². The van der Waals surface area contributed by atoms with E-state index in [0.29, 0.717) is 35.4 Å². The van der Waals surface area contributed by atoms with Gasteiger partial charge >= 0.3 is 0 Å². The first kappa shape index (κ1) is 21.0. The van der Waals surface area contributed by atoms with Crippen LogP contribution < -0.4 is 14.8 Å². The average molecular weight is 440 g/mol. The number of rotatable bonds is 6. The lowest BCUT2D eigenvalue weighted by molar-refractivity contribution is -0.113. The second-order valence-electron chi connectivity index (χ2n) is 6.99. The fourth-order valence-electron chi connectivity index (χ4n) is 3.53. The van der Waals surface area contributed by atoms with Crippen LogP contribution >= 0.6 is 11.8 Å². The molecule has 0 fully saturated rings. The van der Waals surface area contributed by atoms with Crippen molar-refractivity contribution in [3.63, 3.8) is 0 Å². The van der Waals surface area contributed by atoms with Crippen molar-refractivity contribution in [2.75, 3.05) is 24.8 Å². The lowest BCUT2D eigenvalue weighted by Gasteiger charge is -2.18. The number of aryl methyl sites for hydroxylation is 1. The molecule has 2 heterocycles. The van der Waals surface area contributed by atoms with Gasteiger partial charge < -0.3 is 14.8 Å². The molecule has 4 rings (SSSR count). The molecule has 8 heteroatoms. The second-order valence-corrected chi connectivity index (χ2v) is 8.08. The number of nitrogens with one attached hydrogen (secondary N) is 1. The number of amides is 1. The van der Waals surface area contributed by atoms with Crippen LogP contribution in [-0.2, 0) is 4.79 Å². The quantitative estimate of drug-likeness (QED) is 0.566. The number of carbonyl (C=O) groups excluding carboxylic acids is 1. The molecule has 1 aliphatic heterocycles. The van der Waals surface area contributed by atoms with E-state index in [-0.39, 0.29) is 17.0 Å². The molecular formula is C23H22FN3O3S. The molecule has 31 heavy (non-hydrogen) atoms. The van der Waals surface area contributed by atoms with E-state index in [0.717, 1.165) is 16.8 Å². The summed E-state index contributed by atoms with van der Waals surface area (Å²) in [5, 5.41) is 7.47. The van der Waals surface area contributed by atoms with Gasteiger partial charge in [0.05, 0.1) is 29.5 Å². The molecule has 160 valence electrons. The Kier molecular flexibility index (Phi) is 5.99. The third-order valence-electron chi connectivity index (χ3n) is 4.93. The number of fused-ring (bicyclic) bond motifs is 1. The van der Waals surface area contributed by atoms with Crippen molar-refractivity contribution >= 4 is 23.5 Å². The largest absolute Gasteiger partial charge is 0.493 e. The van der Waals surface area contributed by atoms with Gasteiger partial charge in [-0.2, -0.15) is 5.10 Å². The minimum absolute atomic E-state index is 0.116. The number of benzene rings is 2. The van der Waals surface area contributed by atoms with Crippen molar-refractivity contribution in [3.8, 4) is 17.2 Å². The van der Waals surface area contributed by atoms with E-state index in [1.165, 1.54) is 23.9 Å². The van der Waals surface area contributed by atoms with E-state index in [1.807, 2.05) is 25.1 Å². The molecule has 1 N–H and O–H groups in total. The number of hydrogen-bond acceptors (Lipinski definition) is 5. The Morgan fingerprint density at radius 3 is 2.77 bits per heavy atom. The van der Waals surface area contributed by atoms with E-state index in [1.54, 1.807) is 30.0 Å². The van der Waals surface area contributed by atoms with Gasteiger partial charge in [0.2, 0.25) is 5.91 Å². The summed E-state index contributed by atoms with van der Waals surface area (Å²) in [6, 6.07) is 11.8. The Balaban J connectivity index is 1.80. The van der Waals surface area contributed by atoms with Gasteiger partial charge in [0.15, 0.2) is 11.5 Å². The predicted molar refractivity (Wildman–Crippen MR) is 120 cm³/mol. The Bertz CT molecular complexity index is 1130. The second kappa shape index (κ2) is 8.85. The van der Waals surface area contributed by atoms with Crippen molar-refractivity contribution in [2.45, 2.75) is 12.2 Å². The monoisotopic (exact) mass is 439 g/mol. The highest BCUT2D eigenvalue weighted by atomic mass is 32.2. The van der Waals surface area contributed by atoms with Crippen LogP contribution in [0.1, 0.15) is 22.1 Å². The first-order valence-electron chi connectivity index (χ1n) is 9.70. The SMILES string of the molecule is C=CCOc1ccc([C@@H]2SCC(=O)Nc3c2c(C)nn3-c2ccc(F)cc2)cc1OC. The van der Waals surface area contributed by atoms with Crippen molar-refractivity contribution in [1.82, 2.24) is 9.78 Å². The molecule has 1 aliphatic rings. The standard InChI is InChI=1S/C23H22FN3O3S/c1-4-11-30-18-10-5-15(12-19(18)29-3)22-21-14(2)26-27(17-8-6-16(24)7-9-17)23(21)25-20(28)13-31-22/h4-10,12,22H,1,11,13H2,2-3H3,(H,25,28)/t22-/m0/s1. The van der Waals surface area contributed by atoms with Crippen LogP contribution in [0.25, 0.3) is 5.69 Å². The Morgan fingerprint density at radius 1 is 1.29 bits per heavy atom. The van der Waals surface area contributed by atoms with E-state index in [4.69, 9.17) is 9.47 Å². The number of ether oxygens (including phenoxy) is 2. The lowest BCUT2D eigenvalue weighted by atomic mass is 10.0. The Labute approximate surface area is 184 Å². The molecule has 0 saturated carbocycles. The molecular weight excluding hydrogens is 417 g/mol. The number of methoxy groups -OCH3 is 1. The smallest absolute Gasteiger partial charge is 0.235 e. The number of thioether (sulfide) groups is 1. The zero-order chi connectivity index (χ0) is 22.0. The highest BCUT2D eigenvalue weighted by Gasteiger charge is 2.31. The van der Waals surface area contributed by atoms with E-state index in [9.17, 15) is 9.18 Å². The molecule has 0 spiro atoms. The first-order valence-corrected chi connectivity index (χ1v) is 10.7. The molecule has 0 bridgehead atoms. The van der Waals surface area contributed by atoms with Crippen LogP contribution in [0.4, 0.5) is 10.2 Å². The zero-order valence-corrected chi connectivity index (χ0v) is 18.0. The lowest BCUT2D eigenvalue weighted by Crippen LogP contribution is -2.15. The van der Waals surface area contributed by atoms with E-state index >= 15 is 0 Å². The van der Waals surface area contributed by atoms with Gasteiger partial charge in [-0.25, -0.2) is 9.07 Å². The summed E-state index contributed by atoms with van der Waals surface area (Å²) in [6.07, 6.45) is 1.67. The number of aromatic nitrogens is 2. The normalized spacial score (nSPS) is 15.6. The molecule has 1 aromatic heterocycles. The molecule has 1 amide bonds. The van der Waals surface area contributed by atoms with Crippen molar-refractivity contribution in [2.24, 2.45) is 0 Å². The number of halogens is 1. The van der Waals surface area contributed by atoms with Gasteiger partial charge in [-0.1, -0.05) is 18.7 Å². The van der Waals surface area contributed by atoms with Crippen LogP contribution in [0, 0.1) is 12.7 Å². The van der Waals surface area contributed by atoms with Gasteiger partial charge in [-0.05, 0) is 48.9 Å². The Morgan fingerprint density at radius 2 is 2.06 bits per heavy atom. The summed E-state index contributed by atoms with van der Waals surface area (Å²) in [4.78, 5) is 12.5. The van der Waals surface area contributed by atoms with Crippen LogP contribution in [0.15, 0.2) is 55.1 Å². The highest BCUT2D eigenvalue weighted by Crippen LogP contribution is 2.45. The maximum absolute atomic E-state index is 13.4. The number of hydrogen-bond donors (Lipinski definition) is 1. The van der Waals surface area contributed by atoms with Crippen molar-refractivity contribution in [3.05, 3.63) is 77.8 Å². The van der Waals surface area contributed by atoms with Crippen LogP contribution in [0.5, 0.6) is 11.5 Å². The summed E-state index contributed by atoms with van der Waals surface area (Å²) in [7, 11) is 1.59. The van der Waals surface area contributed by atoms with Gasteiger partial charge in [0.25, 0.3) is 0 Å². The van der Waals surface area contributed by atoms with Crippen LogP contribution in [0.3, 0.4) is 0 Å². The maximum Gasteiger partial charge on any atom is 0.235 e. The van der Waals surface area contributed by atoms with Crippen LogP contribution in [-0.4, -0.2) is 35.2 Å². The molecule has 0 aliphatic carbocycles. The molecule has 0 radical (unpaired) electrons. The number of nitrogens with zero attached hydrogens (tertiary/aromatic N) is 2. The molecule has 0 unspecified atom stereocenters. The first-order chi connectivity index (χ1) is 15.0. The summed E-state index contributed by atoms with van der Waals surface area (Å²) < 4.78 is 26.2. The number of carbonyl (C=O) groups is 1. The van der Waals surface area contributed by atoms with Gasteiger partial charge in [-0.3, -0.25) is 4.79 Å². The van der Waals surface area contributed by atoms with Crippen LogP contribution in [0.2, 0.25) is 0 Å². The van der Waals surface area contributed by atoms with Gasteiger partial charge in [-0.15, -0.1) is 11.8 Å². The summed E-state index contributed by atoms with van der Waals surface area (Å²) in [5.41, 5.74) is 3.32. The fraction of sp³-hybridized carbons (Fsp3) is 0.217. The zero-order valence-electron chi connectivity index (χ0n) is 17.2. The summed E-state index contributed by atoms with van der Waals surface area (Å²) in [5.74, 6) is 1.66.